The Morgan fingerprint density at radius 3 is 2.61 bits per heavy atom. The molecule has 0 aliphatic carbocycles. The fourth-order valence-electron chi connectivity index (χ4n) is 1.71. The summed E-state index contributed by atoms with van der Waals surface area (Å²) in [5, 5.41) is 5.69. The molecule has 0 aliphatic rings. The lowest BCUT2D eigenvalue weighted by atomic mass is 10.1. The number of hydrogen-bond acceptors (Lipinski definition) is 4. The van der Waals surface area contributed by atoms with Gasteiger partial charge in [-0.15, -0.1) is 0 Å². The maximum absolute atomic E-state index is 11.5. The quantitative estimate of drug-likeness (QED) is 0.796. The Bertz CT molecular complexity index is 407. The SMILES string of the molecule is CNCC(=O)NC(C)c1ccc(OC)cc1OC. The van der Waals surface area contributed by atoms with Crippen LogP contribution >= 0.6 is 0 Å². The van der Waals surface area contributed by atoms with E-state index in [0.29, 0.717) is 12.3 Å². The number of likely N-dealkylation sites (N-methyl/N-ethyl adjacent to an activating group) is 1. The Hall–Kier alpha value is -1.75. The molecule has 1 atom stereocenters. The van der Waals surface area contributed by atoms with E-state index in [1.807, 2.05) is 19.1 Å². The van der Waals surface area contributed by atoms with Crippen molar-refractivity contribution < 1.29 is 14.3 Å². The molecule has 1 aromatic rings. The van der Waals surface area contributed by atoms with E-state index in [1.54, 1.807) is 27.3 Å². The summed E-state index contributed by atoms with van der Waals surface area (Å²) in [6.45, 7) is 2.21. The summed E-state index contributed by atoms with van der Waals surface area (Å²) in [4.78, 5) is 11.5. The second-order valence-corrected chi connectivity index (χ2v) is 3.93. The molecule has 0 saturated heterocycles. The van der Waals surface area contributed by atoms with Crippen LogP contribution in [0.15, 0.2) is 18.2 Å². The van der Waals surface area contributed by atoms with Crippen LogP contribution in [0.1, 0.15) is 18.5 Å². The van der Waals surface area contributed by atoms with Gasteiger partial charge in [0.15, 0.2) is 0 Å². The highest BCUT2D eigenvalue weighted by Crippen LogP contribution is 2.29. The molecule has 0 aliphatic heterocycles. The molecule has 0 radical (unpaired) electrons. The number of carbonyl (C=O) groups is 1. The molecule has 0 bridgehead atoms. The number of ether oxygens (including phenoxy) is 2. The monoisotopic (exact) mass is 252 g/mol. The molecule has 0 spiro atoms. The fourth-order valence-corrected chi connectivity index (χ4v) is 1.71. The highest BCUT2D eigenvalue weighted by molar-refractivity contribution is 5.78. The van der Waals surface area contributed by atoms with Crippen molar-refractivity contribution in [2.24, 2.45) is 0 Å². The van der Waals surface area contributed by atoms with E-state index in [4.69, 9.17) is 9.47 Å². The number of rotatable bonds is 6. The lowest BCUT2D eigenvalue weighted by Crippen LogP contribution is -2.34. The molecule has 2 N–H and O–H groups in total. The van der Waals surface area contributed by atoms with Crippen LogP contribution in [0.2, 0.25) is 0 Å². The topological polar surface area (TPSA) is 59.6 Å². The molecule has 5 heteroatoms. The van der Waals surface area contributed by atoms with Gasteiger partial charge < -0.3 is 20.1 Å². The Morgan fingerprint density at radius 2 is 2.06 bits per heavy atom. The molecule has 18 heavy (non-hydrogen) atoms. The molecule has 5 nitrogen and oxygen atoms in total. The van der Waals surface area contributed by atoms with E-state index >= 15 is 0 Å². The summed E-state index contributed by atoms with van der Waals surface area (Å²) in [6, 6.07) is 5.42. The zero-order valence-corrected chi connectivity index (χ0v) is 11.2. The van der Waals surface area contributed by atoms with Crippen LogP contribution in [-0.4, -0.2) is 33.7 Å². The van der Waals surface area contributed by atoms with Gasteiger partial charge in [0.25, 0.3) is 0 Å². The lowest BCUT2D eigenvalue weighted by molar-refractivity contribution is -0.120. The van der Waals surface area contributed by atoms with Crippen LogP contribution in [0.3, 0.4) is 0 Å². The van der Waals surface area contributed by atoms with Crippen molar-refractivity contribution in [3.63, 3.8) is 0 Å². The molecule has 100 valence electrons. The minimum atomic E-state index is -0.119. The Labute approximate surface area is 107 Å². The van der Waals surface area contributed by atoms with Gasteiger partial charge >= 0.3 is 0 Å². The average Bonchev–Trinajstić information content (AvgIpc) is 2.38. The maximum Gasteiger partial charge on any atom is 0.234 e. The summed E-state index contributed by atoms with van der Waals surface area (Å²) >= 11 is 0. The smallest absolute Gasteiger partial charge is 0.234 e. The van der Waals surface area contributed by atoms with Crippen LogP contribution in [0.4, 0.5) is 0 Å². The van der Waals surface area contributed by atoms with Gasteiger partial charge in [0, 0.05) is 11.6 Å². The lowest BCUT2D eigenvalue weighted by Gasteiger charge is -2.18. The minimum Gasteiger partial charge on any atom is -0.497 e. The van der Waals surface area contributed by atoms with Gasteiger partial charge in [-0.2, -0.15) is 0 Å². The summed E-state index contributed by atoms with van der Waals surface area (Å²) in [7, 11) is 4.94. The van der Waals surface area contributed by atoms with Crippen molar-refractivity contribution in [3.05, 3.63) is 23.8 Å². The molecule has 1 unspecified atom stereocenters. The summed E-state index contributed by atoms with van der Waals surface area (Å²) in [5.74, 6) is 1.37. The molecule has 1 aromatic carbocycles. The zero-order valence-electron chi connectivity index (χ0n) is 11.2. The van der Waals surface area contributed by atoms with Gasteiger partial charge in [0.05, 0.1) is 26.8 Å². The van der Waals surface area contributed by atoms with Crippen molar-refractivity contribution in [2.45, 2.75) is 13.0 Å². The molecular weight excluding hydrogens is 232 g/mol. The number of nitrogens with one attached hydrogen (secondary N) is 2. The van der Waals surface area contributed by atoms with Gasteiger partial charge in [-0.05, 0) is 26.1 Å². The molecule has 0 heterocycles. The summed E-state index contributed by atoms with van der Waals surface area (Å²) in [5.41, 5.74) is 0.919. The number of carbonyl (C=O) groups excluding carboxylic acids is 1. The van der Waals surface area contributed by atoms with Crippen LogP contribution in [0.5, 0.6) is 11.5 Å². The third kappa shape index (κ3) is 3.63. The second kappa shape index (κ2) is 6.86. The summed E-state index contributed by atoms with van der Waals surface area (Å²) in [6.07, 6.45) is 0. The van der Waals surface area contributed by atoms with Gasteiger partial charge in [0.2, 0.25) is 5.91 Å². The highest BCUT2D eigenvalue weighted by atomic mass is 16.5. The largest absolute Gasteiger partial charge is 0.497 e. The minimum absolute atomic E-state index is 0.0529. The molecule has 1 amide bonds. The van der Waals surface area contributed by atoms with Crippen LogP contribution in [0.25, 0.3) is 0 Å². The van der Waals surface area contributed by atoms with Crippen molar-refractivity contribution in [1.82, 2.24) is 10.6 Å². The Kier molecular flexibility index (Phi) is 5.45. The number of hydrogen-bond donors (Lipinski definition) is 2. The summed E-state index contributed by atoms with van der Waals surface area (Å²) < 4.78 is 10.4. The van der Waals surface area contributed by atoms with E-state index in [-0.39, 0.29) is 11.9 Å². The van der Waals surface area contributed by atoms with Crippen molar-refractivity contribution >= 4 is 5.91 Å². The Balaban J connectivity index is 2.84. The van der Waals surface area contributed by atoms with Crippen molar-refractivity contribution in [3.8, 4) is 11.5 Å². The molecule has 0 aromatic heterocycles. The first-order valence-corrected chi connectivity index (χ1v) is 5.78. The first-order valence-electron chi connectivity index (χ1n) is 5.78. The predicted molar refractivity (Wildman–Crippen MR) is 70.0 cm³/mol. The van der Waals surface area contributed by atoms with Gasteiger partial charge in [-0.1, -0.05) is 0 Å². The van der Waals surface area contributed by atoms with Gasteiger partial charge in [-0.3, -0.25) is 4.79 Å². The molecule has 1 rings (SSSR count). The van der Waals surface area contributed by atoms with Crippen LogP contribution in [0, 0.1) is 0 Å². The third-order valence-electron chi connectivity index (χ3n) is 2.62. The normalized spacial score (nSPS) is 11.8. The first-order chi connectivity index (χ1) is 8.62. The molecular formula is C13H20N2O3. The number of benzene rings is 1. The second-order valence-electron chi connectivity index (χ2n) is 3.93. The Morgan fingerprint density at radius 1 is 1.33 bits per heavy atom. The highest BCUT2D eigenvalue weighted by Gasteiger charge is 2.14. The number of amides is 1. The van der Waals surface area contributed by atoms with Crippen LogP contribution < -0.4 is 20.1 Å². The standard InChI is InChI=1S/C13H20N2O3/c1-9(15-13(16)8-14-2)11-6-5-10(17-3)7-12(11)18-4/h5-7,9,14H,8H2,1-4H3,(H,15,16). The van der Waals surface area contributed by atoms with E-state index in [2.05, 4.69) is 10.6 Å². The third-order valence-corrected chi connectivity index (χ3v) is 2.62. The molecule has 0 saturated carbocycles. The first kappa shape index (κ1) is 14.3. The fraction of sp³-hybridized carbons (Fsp3) is 0.462. The zero-order chi connectivity index (χ0) is 13.5. The van der Waals surface area contributed by atoms with Gasteiger partial charge in [-0.25, -0.2) is 0 Å². The van der Waals surface area contributed by atoms with Crippen LogP contribution in [-0.2, 0) is 4.79 Å². The average molecular weight is 252 g/mol. The maximum atomic E-state index is 11.5. The van der Waals surface area contributed by atoms with Gasteiger partial charge in [0.1, 0.15) is 11.5 Å². The van der Waals surface area contributed by atoms with Crippen molar-refractivity contribution in [2.75, 3.05) is 27.8 Å². The predicted octanol–water partition coefficient (Wildman–Crippen LogP) is 1.10. The van der Waals surface area contributed by atoms with E-state index in [9.17, 15) is 4.79 Å². The van der Waals surface area contributed by atoms with E-state index in [1.165, 1.54) is 0 Å². The van der Waals surface area contributed by atoms with E-state index < -0.39 is 0 Å². The molecule has 0 fully saturated rings. The van der Waals surface area contributed by atoms with E-state index in [0.717, 1.165) is 11.3 Å². The van der Waals surface area contributed by atoms with Crippen molar-refractivity contribution in [1.29, 1.82) is 0 Å². The number of methoxy groups -OCH3 is 2.